The first-order chi connectivity index (χ1) is 12.3. The Labute approximate surface area is 149 Å². The summed E-state index contributed by atoms with van der Waals surface area (Å²) in [5, 5.41) is 6.68. The Hall–Kier alpha value is -2.13. The largest absolute Gasteiger partial charge is 0.352 e. The summed E-state index contributed by atoms with van der Waals surface area (Å²) in [6, 6.07) is 19.4. The lowest BCUT2D eigenvalue weighted by Gasteiger charge is -2.32. The molecule has 0 radical (unpaired) electrons. The summed E-state index contributed by atoms with van der Waals surface area (Å²) >= 11 is 0. The maximum Gasteiger partial charge on any atom is 0.237 e. The molecule has 2 N–H and O–H groups in total. The van der Waals surface area contributed by atoms with E-state index >= 15 is 0 Å². The molecule has 0 spiro atoms. The second-order valence-electron chi connectivity index (χ2n) is 7.37. The van der Waals surface area contributed by atoms with Crippen molar-refractivity contribution in [1.82, 2.24) is 10.6 Å². The van der Waals surface area contributed by atoms with Crippen LogP contribution in [-0.2, 0) is 17.8 Å². The fraction of sp³-hybridized carbons (Fsp3) is 0.409. The number of amides is 1. The van der Waals surface area contributed by atoms with Gasteiger partial charge >= 0.3 is 0 Å². The summed E-state index contributed by atoms with van der Waals surface area (Å²) in [5.74, 6) is 0.812. The molecule has 1 fully saturated rings. The van der Waals surface area contributed by atoms with E-state index in [0.717, 1.165) is 38.6 Å². The number of hydrogen-bond donors (Lipinski definition) is 2. The third-order valence-electron chi connectivity index (χ3n) is 5.74. The van der Waals surface area contributed by atoms with Gasteiger partial charge in [0.25, 0.3) is 0 Å². The monoisotopic (exact) mass is 334 g/mol. The van der Waals surface area contributed by atoms with Gasteiger partial charge in [0, 0.05) is 12.6 Å². The lowest BCUT2D eigenvalue weighted by atomic mass is 9.81. The Balaban J connectivity index is 1.30. The highest BCUT2D eigenvalue weighted by Gasteiger charge is 2.28. The van der Waals surface area contributed by atoms with Gasteiger partial charge in [0.1, 0.15) is 0 Å². The van der Waals surface area contributed by atoms with E-state index in [4.69, 9.17) is 0 Å². The first-order valence-corrected chi connectivity index (χ1v) is 9.45. The SMILES string of the molecule is O=C(NC1CCC(c2ccccc2)CC1)C1Cc2ccccc2CN1. The molecule has 2 aliphatic rings. The number of rotatable bonds is 3. The van der Waals surface area contributed by atoms with Crippen molar-refractivity contribution in [1.29, 1.82) is 0 Å². The van der Waals surface area contributed by atoms with Crippen LogP contribution in [0.5, 0.6) is 0 Å². The molecule has 1 heterocycles. The predicted molar refractivity (Wildman–Crippen MR) is 100 cm³/mol. The molecule has 1 aliphatic carbocycles. The van der Waals surface area contributed by atoms with E-state index in [2.05, 4.69) is 65.2 Å². The Morgan fingerprint density at radius 2 is 1.56 bits per heavy atom. The van der Waals surface area contributed by atoms with Crippen LogP contribution in [-0.4, -0.2) is 18.0 Å². The van der Waals surface area contributed by atoms with E-state index in [9.17, 15) is 4.79 Å². The van der Waals surface area contributed by atoms with Crippen molar-refractivity contribution < 1.29 is 4.79 Å². The van der Waals surface area contributed by atoms with E-state index in [-0.39, 0.29) is 11.9 Å². The normalized spacial score (nSPS) is 25.8. The van der Waals surface area contributed by atoms with E-state index in [1.807, 2.05) is 0 Å². The fourth-order valence-corrected chi connectivity index (χ4v) is 4.24. The summed E-state index contributed by atoms with van der Waals surface area (Å²) in [5.41, 5.74) is 4.06. The van der Waals surface area contributed by atoms with E-state index in [1.54, 1.807) is 0 Å². The Bertz CT molecular complexity index is 720. The van der Waals surface area contributed by atoms with Gasteiger partial charge in [0.05, 0.1) is 6.04 Å². The third kappa shape index (κ3) is 3.77. The van der Waals surface area contributed by atoms with Crippen molar-refractivity contribution in [2.75, 3.05) is 0 Å². The lowest BCUT2D eigenvalue weighted by Crippen LogP contribution is -2.50. The molecule has 1 aliphatic heterocycles. The summed E-state index contributed by atoms with van der Waals surface area (Å²) in [6.45, 7) is 0.787. The molecule has 1 unspecified atom stereocenters. The van der Waals surface area contributed by atoms with E-state index in [1.165, 1.54) is 16.7 Å². The Morgan fingerprint density at radius 3 is 2.32 bits per heavy atom. The molecule has 3 nitrogen and oxygen atoms in total. The molecule has 2 aromatic carbocycles. The molecule has 1 saturated carbocycles. The highest BCUT2D eigenvalue weighted by molar-refractivity contribution is 5.82. The zero-order valence-electron chi connectivity index (χ0n) is 14.6. The lowest BCUT2D eigenvalue weighted by molar-refractivity contribution is -0.124. The zero-order valence-corrected chi connectivity index (χ0v) is 14.6. The zero-order chi connectivity index (χ0) is 17.1. The number of benzene rings is 2. The van der Waals surface area contributed by atoms with Gasteiger partial charge in [0.15, 0.2) is 0 Å². The maximum absolute atomic E-state index is 12.7. The molecule has 0 aromatic heterocycles. The minimum Gasteiger partial charge on any atom is -0.352 e. The Kier molecular flexibility index (Phi) is 4.84. The van der Waals surface area contributed by atoms with Gasteiger partial charge in [-0.2, -0.15) is 0 Å². The molecule has 4 rings (SSSR count). The van der Waals surface area contributed by atoms with Crippen LogP contribution in [0.3, 0.4) is 0 Å². The van der Waals surface area contributed by atoms with Crippen molar-refractivity contribution in [3.05, 3.63) is 71.3 Å². The minimum absolute atomic E-state index is 0.0956. The van der Waals surface area contributed by atoms with Gasteiger partial charge in [-0.1, -0.05) is 54.6 Å². The minimum atomic E-state index is -0.0956. The van der Waals surface area contributed by atoms with Crippen molar-refractivity contribution in [2.45, 2.75) is 56.7 Å². The topological polar surface area (TPSA) is 41.1 Å². The van der Waals surface area contributed by atoms with Crippen LogP contribution < -0.4 is 10.6 Å². The van der Waals surface area contributed by atoms with Crippen LogP contribution in [0.15, 0.2) is 54.6 Å². The molecule has 2 aromatic rings. The van der Waals surface area contributed by atoms with Crippen LogP contribution in [0, 0.1) is 0 Å². The molecular weight excluding hydrogens is 308 g/mol. The van der Waals surface area contributed by atoms with Gasteiger partial charge in [-0.05, 0) is 54.7 Å². The van der Waals surface area contributed by atoms with Gasteiger partial charge < -0.3 is 10.6 Å². The molecule has 0 bridgehead atoms. The summed E-state index contributed by atoms with van der Waals surface area (Å²) in [4.78, 5) is 12.7. The third-order valence-corrected chi connectivity index (χ3v) is 5.74. The Morgan fingerprint density at radius 1 is 0.880 bits per heavy atom. The van der Waals surface area contributed by atoms with Crippen molar-refractivity contribution in [3.63, 3.8) is 0 Å². The standard InChI is InChI=1S/C22H26N2O/c25-22(21-14-18-8-4-5-9-19(18)15-23-21)24-20-12-10-17(11-13-20)16-6-2-1-3-7-16/h1-9,17,20-21,23H,10-15H2,(H,24,25). The molecule has 3 heteroatoms. The number of hydrogen-bond acceptors (Lipinski definition) is 2. The quantitative estimate of drug-likeness (QED) is 0.901. The van der Waals surface area contributed by atoms with Gasteiger partial charge in [-0.25, -0.2) is 0 Å². The van der Waals surface area contributed by atoms with Crippen LogP contribution in [0.25, 0.3) is 0 Å². The van der Waals surface area contributed by atoms with Crippen molar-refractivity contribution in [2.24, 2.45) is 0 Å². The van der Waals surface area contributed by atoms with Crippen molar-refractivity contribution >= 4 is 5.91 Å². The van der Waals surface area contributed by atoms with Crippen LogP contribution >= 0.6 is 0 Å². The molecule has 1 atom stereocenters. The highest BCUT2D eigenvalue weighted by atomic mass is 16.2. The molecule has 130 valence electrons. The summed E-state index contributed by atoms with van der Waals surface area (Å²) in [6.07, 6.45) is 5.27. The predicted octanol–water partition coefficient (Wildman–Crippen LogP) is 3.54. The summed E-state index contributed by atoms with van der Waals surface area (Å²) in [7, 11) is 0. The molecule has 1 amide bonds. The second kappa shape index (κ2) is 7.40. The molecular formula is C22H26N2O. The van der Waals surface area contributed by atoms with Crippen LogP contribution in [0.2, 0.25) is 0 Å². The van der Waals surface area contributed by atoms with Gasteiger partial charge in [0.2, 0.25) is 5.91 Å². The van der Waals surface area contributed by atoms with E-state index < -0.39 is 0 Å². The molecule has 0 saturated heterocycles. The molecule has 25 heavy (non-hydrogen) atoms. The number of nitrogens with one attached hydrogen (secondary N) is 2. The number of fused-ring (bicyclic) bond motifs is 1. The average Bonchev–Trinajstić information content (AvgIpc) is 2.69. The second-order valence-corrected chi connectivity index (χ2v) is 7.37. The van der Waals surface area contributed by atoms with Crippen molar-refractivity contribution in [3.8, 4) is 0 Å². The van der Waals surface area contributed by atoms with Gasteiger partial charge in [-0.3, -0.25) is 4.79 Å². The average molecular weight is 334 g/mol. The number of carbonyl (C=O) groups is 1. The smallest absolute Gasteiger partial charge is 0.237 e. The first-order valence-electron chi connectivity index (χ1n) is 9.45. The summed E-state index contributed by atoms with van der Waals surface area (Å²) < 4.78 is 0. The first kappa shape index (κ1) is 16.3. The maximum atomic E-state index is 12.7. The van der Waals surface area contributed by atoms with Crippen LogP contribution in [0.4, 0.5) is 0 Å². The van der Waals surface area contributed by atoms with Gasteiger partial charge in [-0.15, -0.1) is 0 Å². The number of carbonyl (C=O) groups excluding carboxylic acids is 1. The highest BCUT2D eigenvalue weighted by Crippen LogP contribution is 2.32. The fourth-order valence-electron chi connectivity index (χ4n) is 4.24. The van der Waals surface area contributed by atoms with Crippen LogP contribution in [0.1, 0.15) is 48.3 Å². The van der Waals surface area contributed by atoms with E-state index in [0.29, 0.717) is 12.0 Å².